The molecule has 2 aromatic heterocycles. The summed E-state index contributed by atoms with van der Waals surface area (Å²) < 4.78 is 7.54. The molecule has 8 heteroatoms. The molecule has 0 unspecified atom stereocenters. The average Bonchev–Trinajstić information content (AvgIpc) is 3.01. The van der Waals surface area contributed by atoms with Crippen LogP contribution in [-0.2, 0) is 4.74 Å². The Morgan fingerprint density at radius 3 is 2.86 bits per heavy atom. The number of ether oxygens (including phenoxy) is 1. The summed E-state index contributed by atoms with van der Waals surface area (Å²) >= 11 is 0. The highest BCUT2D eigenvalue weighted by molar-refractivity contribution is 5.69. The first kappa shape index (κ1) is 15.1. The zero-order chi connectivity index (χ0) is 16.1. The molecule has 1 fully saturated rings. The predicted molar refractivity (Wildman–Crippen MR) is 78.3 cm³/mol. The van der Waals surface area contributed by atoms with E-state index >= 15 is 0 Å². The molecular formula is C14H20N4O4. The molecular weight excluding hydrogens is 288 g/mol. The lowest BCUT2D eigenvalue weighted by Crippen LogP contribution is -2.39. The first-order valence-corrected chi connectivity index (χ1v) is 7.33. The fourth-order valence-electron chi connectivity index (χ4n) is 3.12. The minimum atomic E-state index is -0.828. The van der Waals surface area contributed by atoms with E-state index in [9.17, 15) is 15.0 Å². The minimum absolute atomic E-state index is 0.183. The number of aromatic amines is 1. The van der Waals surface area contributed by atoms with Crippen molar-refractivity contribution in [1.29, 1.82) is 0 Å². The number of aryl methyl sites for hydroxylation is 1. The lowest BCUT2D eigenvalue weighted by molar-refractivity contribution is -0.115. The van der Waals surface area contributed by atoms with E-state index in [1.54, 1.807) is 11.5 Å². The van der Waals surface area contributed by atoms with Crippen LogP contribution in [0.5, 0.6) is 0 Å². The van der Waals surface area contributed by atoms with E-state index in [2.05, 4.69) is 15.0 Å². The molecule has 3 heterocycles. The zero-order valence-electron chi connectivity index (χ0n) is 12.8. The van der Waals surface area contributed by atoms with Crippen LogP contribution in [0.1, 0.15) is 32.3 Å². The number of fused-ring (bicyclic) bond motifs is 1. The third-order valence-electron chi connectivity index (χ3n) is 4.68. The molecule has 8 nitrogen and oxygen atoms in total. The smallest absolute Gasteiger partial charge is 0.279 e. The predicted octanol–water partition coefficient (Wildman–Crippen LogP) is 0.0949. The fraction of sp³-hybridized carbons (Fsp3) is 0.643. The van der Waals surface area contributed by atoms with Gasteiger partial charge in [-0.3, -0.25) is 9.36 Å². The molecule has 0 bridgehead atoms. The van der Waals surface area contributed by atoms with Gasteiger partial charge < -0.3 is 19.9 Å². The third kappa shape index (κ3) is 1.98. The Morgan fingerprint density at radius 1 is 1.55 bits per heavy atom. The molecule has 120 valence electrons. The molecule has 3 N–H and O–H groups in total. The summed E-state index contributed by atoms with van der Waals surface area (Å²) in [6.45, 7) is 5.24. The number of hydrogen-bond acceptors (Lipinski definition) is 6. The SMILES string of the molecule is CC[C@@]1(CO)O[C@@H](n2cnc3c(=O)[nH]c(C)nc32)[C@@H](O)[C@@H]1C. The first-order valence-electron chi connectivity index (χ1n) is 7.33. The summed E-state index contributed by atoms with van der Waals surface area (Å²) in [6, 6.07) is 0. The van der Waals surface area contributed by atoms with E-state index in [0.717, 1.165) is 0 Å². The Bertz CT molecular complexity index is 749. The van der Waals surface area contributed by atoms with Gasteiger partial charge >= 0.3 is 0 Å². The van der Waals surface area contributed by atoms with Gasteiger partial charge in [0.05, 0.1) is 18.5 Å². The van der Waals surface area contributed by atoms with Crippen LogP contribution in [0.15, 0.2) is 11.1 Å². The van der Waals surface area contributed by atoms with Crippen LogP contribution in [-0.4, -0.2) is 48.0 Å². The number of rotatable bonds is 3. The van der Waals surface area contributed by atoms with Gasteiger partial charge in [-0.25, -0.2) is 9.97 Å². The summed E-state index contributed by atoms with van der Waals surface area (Å²) in [4.78, 5) is 22.8. The average molecular weight is 308 g/mol. The number of hydrogen-bond donors (Lipinski definition) is 3. The van der Waals surface area contributed by atoms with Crippen LogP contribution in [0.2, 0.25) is 0 Å². The second-order valence-corrected chi connectivity index (χ2v) is 5.84. The Labute approximate surface area is 126 Å². The van der Waals surface area contributed by atoms with Crippen molar-refractivity contribution in [2.75, 3.05) is 6.61 Å². The Hall–Kier alpha value is -1.77. The number of nitrogens with one attached hydrogen (secondary N) is 1. The van der Waals surface area contributed by atoms with Crippen molar-refractivity contribution in [3.63, 3.8) is 0 Å². The summed E-state index contributed by atoms with van der Waals surface area (Å²) in [5, 5.41) is 20.2. The molecule has 0 radical (unpaired) electrons. The maximum atomic E-state index is 11.9. The molecule has 0 aromatic carbocycles. The van der Waals surface area contributed by atoms with Crippen molar-refractivity contribution in [3.05, 3.63) is 22.5 Å². The van der Waals surface area contributed by atoms with E-state index in [-0.39, 0.29) is 23.6 Å². The quantitative estimate of drug-likeness (QED) is 0.741. The van der Waals surface area contributed by atoms with Crippen LogP contribution >= 0.6 is 0 Å². The van der Waals surface area contributed by atoms with Gasteiger partial charge in [-0.05, 0) is 13.3 Å². The highest BCUT2D eigenvalue weighted by Gasteiger charge is 2.52. The highest BCUT2D eigenvalue weighted by Crippen LogP contribution is 2.43. The summed E-state index contributed by atoms with van der Waals surface area (Å²) in [5.74, 6) is 0.205. The van der Waals surface area contributed by atoms with Crippen molar-refractivity contribution in [2.24, 2.45) is 5.92 Å². The highest BCUT2D eigenvalue weighted by atomic mass is 16.6. The van der Waals surface area contributed by atoms with Gasteiger partial charge in [-0.15, -0.1) is 0 Å². The Kier molecular flexibility index (Phi) is 3.54. The second-order valence-electron chi connectivity index (χ2n) is 5.84. The molecule has 0 saturated carbocycles. The molecule has 2 aromatic rings. The van der Waals surface area contributed by atoms with Gasteiger partial charge in [0.2, 0.25) is 0 Å². The monoisotopic (exact) mass is 308 g/mol. The van der Waals surface area contributed by atoms with Crippen molar-refractivity contribution < 1.29 is 14.9 Å². The topological polar surface area (TPSA) is 113 Å². The molecule has 4 atom stereocenters. The van der Waals surface area contributed by atoms with Gasteiger partial charge in [0, 0.05) is 5.92 Å². The van der Waals surface area contributed by atoms with E-state index in [1.807, 2.05) is 13.8 Å². The zero-order valence-corrected chi connectivity index (χ0v) is 12.8. The van der Waals surface area contributed by atoms with Crippen LogP contribution in [0, 0.1) is 12.8 Å². The molecule has 22 heavy (non-hydrogen) atoms. The number of aliphatic hydroxyl groups excluding tert-OH is 2. The fourth-order valence-corrected chi connectivity index (χ4v) is 3.12. The number of aliphatic hydroxyl groups is 2. The number of aromatic nitrogens is 4. The van der Waals surface area contributed by atoms with Crippen molar-refractivity contribution in [2.45, 2.75) is 45.1 Å². The van der Waals surface area contributed by atoms with Crippen LogP contribution in [0.3, 0.4) is 0 Å². The molecule has 0 spiro atoms. The van der Waals surface area contributed by atoms with Crippen LogP contribution in [0.4, 0.5) is 0 Å². The maximum absolute atomic E-state index is 11.9. The third-order valence-corrected chi connectivity index (χ3v) is 4.68. The molecule has 0 amide bonds. The second kappa shape index (κ2) is 5.15. The Balaban J connectivity index is 2.11. The van der Waals surface area contributed by atoms with E-state index in [1.165, 1.54) is 6.33 Å². The van der Waals surface area contributed by atoms with Gasteiger partial charge in [0.15, 0.2) is 17.4 Å². The lowest BCUT2D eigenvalue weighted by atomic mass is 9.85. The Morgan fingerprint density at radius 2 is 2.27 bits per heavy atom. The summed E-state index contributed by atoms with van der Waals surface area (Å²) in [7, 11) is 0. The first-order chi connectivity index (χ1) is 10.4. The number of H-pyrrole nitrogens is 1. The number of imidazole rings is 1. The van der Waals surface area contributed by atoms with E-state index in [0.29, 0.717) is 17.9 Å². The summed E-state index contributed by atoms with van der Waals surface area (Å²) in [5.41, 5.74) is -0.572. The van der Waals surface area contributed by atoms with Crippen molar-refractivity contribution in [1.82, 2.24) is 19.5 Å². The largest absolute Gasteiger partial charge is 0.393 e. The van der Waals surface area contributed by atoms with E-state index in [4.69, 9.17) is 4.74 Å². The van der Waals surface area contributed by atoms with Gasteiger partial charge in [-0.1, -0.05) is 13.8 Å². The molecule has 1 aliphatic rings. The van der Waals surface area contributed by atoms with Gasteiger partial charge in [0.1, 0.15) is 11.9 Å². The molecule has 3 rings (SSSR count). The standard InChI is InChI=1S/C14H20N4O4/c1-4-14(5-19)7(2)10(20)13(22-14)18-6-15-9-11(18)16-8(3)17-12(9)21/h6-7,10,13,19-20H,4-5H2,1-3H3,(H,16,17,21)/t7-,10-,13+,14-/m0/s1. The molecule has 1 saturated heterocycles. The molecule has 1 aliphatic heterocycles. The van der Waals surface area contributed by atoms with Crippen LogP contribution < -0.4 is 5.56 Å². The summed E-state index contributed by atoms with van der Waals surface area (Å²) in [6.07, 6.45) is 0.445. The van der Waals surface area contributed by atoms with E-state index < -0.39 is 17.9 Å². The maximum Gasteiger partial charge on any atom is 0.279 e. The van der Waals surface area contributed by atoms with Crippen molar-refractivity contribution in [3.8, 4) is 0 Å². The minimum Gasteiger partial charge on any atom is -0.393 e. The number of nitrogens with zero attached hydrogens (tertiary/aromatic N) is 3. The van der Waals surface area contributed by atoms with Gasteiger partial charge in [0.25, 0.3) is 5.56 Å². The molecule has 0 aliphatic carbocycles. The lowest BCUT2D eigenvalue weighted by Gasteiger charge is -2.29. The van der Waals surface area contributed by atoms with Crippen LogP contribution in [0.25, 0.3) is 11.2 Å². The normalized spacial score (nSPS) is 32.0. The van der Waals surface area contributed by atoms with Crippen molar-refractivity contribution >= 4 is 11.2 Å². The van der Waals surface area contributed by atoms with Gasteiger partial charge in [-0.2, -0.15) is 0 Å².